The lowest BCUT2D eigenvalue weighted by atomic mass is 10.1. The first-order valence-corrected chi connectivity index (χ1v) is 9.15. The largest absolute Gasteiger partial charge is 0.502 e. The van der Waals surface area contributed by atoms with E-state index in [-0.39, 0.29) is 21.2 Å². The summed E-state index contributed by atoms with van der Waals surface area (Å²) < 4.78 is 5.71. The number of amides is 1. The average molecular weight is 440 g/mol. The molecule has 1 amide bonds. The molecule has 3 rings (SSSR count). The van der Waals surface area contributed by atoms with Gasteiger partial charge in [-0.05, 0) is 18.2 Å². The minimum Gasteiger partial charge on any atom is -0.502 e. The molecule has 0 bridgehead atoms. The molecule has 2 N–H and O–H groups in total. The Labute approximate surface area is 172 Å². The summed E-state index contributed by atoms with van der Waals surface area (Å²) in [6, 6.07) is 7.49. The predicted molar refractivity (Wildman–Crippen MR) is 108 cm³/mol. The Morgan fingerprint density at radius 3 is 2.79 bits per heavy atom. The zero-order valence-corrected chi connectivity index (χ0v) is 16.4. The van der Waals surface area contributed by atoms with Crippen LogP contribution in [0.3, 0.4) is 0 Å². The van der Waals surface area contributed by atoms with Gasteiger partial charge in [-0.2, -0.15) is 5.10 Å². The first-order chi connectivity index (χ1) is 13.3. The van der Waals surface area contributed by atoms with Crippen LogP contribution in [0.2, 0.25) is 10.0 Å². The molecule has 0 aliphatic carbocycles. The Morgan fingerprint density at radius 1 is 1.36 bits per heavy atom. The van der Waals surface area contributed by atoms with Gasteiger partial charge in [-0.25, -0.2) is 5.43 Å². The molecule has 3 aromatic rings. The number of nitro groups is 1. The number of nitro benzene ring substituents is 1. The maximum Gasteiger partial charge on any atom is 0.315 e. The minimum atomic E-state index is -0.754. The van der Waals surface area contributed by atoms with Crippen molar-refractivity contribution in [1.29, 1.82) is 0 Å². The molecule has 1 aromatic heterocycles. The molecule has 0 fully saturated rings. The summed E-state index contributed by atoms with van der Waals surface area (Å²) in [7, 11) is 1.33. The van der Waals surface area contributed by atoms with Gasteiger partial charge >= 0.3 is 5.69 Å². The first kappa shape index (κ1) is 19.9. The second-order valence-electron chi connectivity index (χ2n) is 5.43. The predicted octanol–water partition coefficient (Wildman–Crippen LogP) is 4.59. The number of rotatable bonds is 5. The van der Waals surface area contributed by atoms with Gasteiger partial charge in [0.25, 0.3) is 5.91 Å². The van der Waals surface area contributed by atoms with Crippen molar-refractivity contribution in [3.63, 3.8) is 0 Å². The number of methoxy groups -OCH3 is 1. The lowest BCUT2D eigenvalue weighted by Gasteiger charge is -2.04. The maximum atomic E-state index is 12.4. The van der Waals surface area contributed by atoms with Gasteiger partial charge in [0.15, 0.2) is 0 Å². The molecule has 28 heavy (non-hydrogen) atoms. The minimum absolute atomic E-state index is 0.000527. The third-order valence-electron chi connectivity index (χ3n) is 3.69. The van der Waals surface area contributed by atoms with E-state index in [4.69, 9.17) is 27.9 Å². The van der Waals surface area contributed by atoms with E-state index in [9.17, 15) is 20.0 Å². The molecule has 8 nitrogen and oxygen atoms in total. The molecule has 0 saturated carbocycles. The summed E-state index contributed by atoms with van der Waals surface area (Å²) >= 11 is 13.3. The molecule has 2 aromatic carbocycles. The van der Waals surface area contributed by atoms with Crippen LogP contribution < -0.4 is 10.2 Å². The lowest BCUT2D eigenvalue weighted by molar-refractivity contribution is -0.385. The van der Waals surface area contributed by atoms with Gasteiger partial charge in [0, 0.05) is 20.7 Å². The van der Waals surface area contributed by atoms with E-state index < -0.39 is 22.3 Å². The van der Waals surface area contributed by atoms with Gasteiger partial charge in [0.05, 0.1) is 29.3 Å². The number of fused-ring (bicyclic) bond motifs is 1. The van der Waals surface area contributed by atoms with Gasteiger partial charge in [-0.1, -0.05) is 29.3 Å². The van der Waals surface area contributed by atoms with Gasteiger partial charge in [-0.3, -0.25) is 14.9 Å². The average Bonchev–Trinajstić information content (AvgIpc) is 2.98. The van der Waals surface area contributed by atoms with E-state index >= 15 is 0 Å². The van der Waals surface area contributed by atoms with Crippen molar-refractivity contribution >= 4 is 62.4 Å². The molecule has 0 radical (unpaired) electrons. The Bertz CT molecular complexity index is 1130. The highest BCUT2D eigenvalue weighted by Gasteiger charge is 2.20. The molecule has 0 aliphatic rings. The van der Waals surface area contributed by atoms with Crippen molar-refractivity contribution in [2.24, 2.45) is 5.10 Å². The number of ether oxygens (including phenoxy) is 1. The van der Waals surface area contributed by atoms with Crippen molar-refractivity contribution < 1.29 is 19.6 Å². The smallest absolute Gasteiger partial charge is 0.315 e. The number of thiophene rings is 1. The number of hydrogen-bond donors (Lipinski definition) is 2. The van der Waals surface area contributed by atoms with Gasteiger partial charge in [0.1, 0.15) is 10.6 Å². The lowest BCUT2D eigenvalue weighted by Crippen LogP contribution is -2.16. The number of nitrogens with zero attached hydrogens (tertiary/aromatic N) is 2. The first-order valence-electron chi connectivity index (χ1n) is 7.58. The maximum absolute atomic E-state index is 12.4. The molecule has 0 unspecified atom stereocenters. The van der Waals surface area contributed by atoms with Crippen LogP contribution in [0.4, 0.5) is 5.69 Å². The van der Waals surface area contributed by atoms with Crippen LogP contribution in [0.25, 0.3) is 10.1 Å². The fourth-order valence-corrected chi connectivity index (χ4v) is 4.05. The van der Waals surface area contributed by atoms with E-state index in [0.29, 0.717) is 10.4 Å². The number of carbonyl (C=O) groups excluding carboxylic acids is 1. The molecule has 0 spiro atoms. The zero-order valence-electron chi connectivity index (χ0n) is 14.1. The van der Waals surface area contributed by atoms with Crippen LogP contribution in [-0.4, -0.2) is 29.3 Å². The molecule has 144 valence electrons. The number of phenolic OH excluding ortho intramolecular Hbond substituents is 1. The van der Waals surface area contributed by atoms with Crippen LogP contribution in [0.5, 0.6) is 11.5 Å². The van der Waals surface area contributed by atoms with Crippen LogP contribution >= 0.6 is 34.5 Å². The molecular formula is C17H11Cl2N3O5S. The third-order valence-corrected chi connectivity index (χ3v) is 5.58. The fraction of sp³-hybridized carbons (Fsp3) is 0.0588. The zero-order chi connectivity index (χ0) is 20.4. The van der Waals surface area contributed by atoms with E-state index in [0.717, 1.165) is 28.3 Å². The summed E-state index contributed by atoms with van der Waals surface area (Å²) in [6.07, 6.45) is 1.07. The number of nitrogens with one attached hydrogen (secondary N) is 1. The second kappa shape index (κ2) is 8.01. The number of phenols is 1. The van der Waals surface area contributed by atoms with Crippen molar-refractivity contribution in [2.75, 3.05) is 7.11 Å². The summed E-state index contributed by atoms with van der Waals surface area (Å²) in [5.74, 6) is -1.02. The Morgan fingerprint density at radius 2 is 2.11 bits per heavy atom. The molecule has 0 atom stereocenters. The molecular weight excluding hydrogens is 429 g/mol. The highest BCUT2D eigenvalue weighted by atomic mass is 35.5. The van der Waals surface area contributed by atoms with Crippen LogP contribution in [0, 0.1) is 10.1 Å². The summed E-state index contributed by atoms with van der Waals surface area (Å²) in [5, 5.41) is 26.2. The monoisotopic (exact) mass is 439 g/mol. The second-order valence-corrected chi connectivity index (χ2v) is 7.29. The van der Waals surface area contributed by atoms with Gasteiger partial charge in [0.2, 0.25) is 5.75 Å². The van der Waals surface area contributed by atoms with Crippen molar-refractivity contribution in [3.8, 4) is 11.5 Å². The van der Waals surface area contributed by atoms with Crippen LogP contribution in [-0.2, 0) is 0 Å². The standard InChI is InChI=1S/C17H11Cl2N3O5S/c1-27-10-4-8(15(23)12(6-10)22(25)26)7-20-21-17(24)16-14(19)11-3-2-9(18)5-13(11)28-16/h2-7,23H,1H3,(H,21,24)/b20-7+. The topological polar surface area (TPSA) is 114 Å². The number of aromatic hydroxyl groups is 1. The molecule has 0 saturated heterocycles. The summed E-state index contributed by atoms with van der Waals surface area (Å²) in [4.78, 5) is 22.9. The Kier molecular flexibility index (Phi) is 5.68. The van der Waals surface area contributed by atoms with Gasteiger partial charge in [-0.15, -0.1) is 11.3 Å². The quantitative estimate of drug-likeness (QED) is 0.342. The fourth-order valence-electron chi connectivity index (χ4n) is 2.37. The number of benzene rings is 2. The number of hydrogen-bond acceptors (Lipinski definition) is 7. The molecule has 11 heteroatoms. The van der Waals surface area contributed by atoms with E-state index in [2.05, 4.69) is 10.5 Å². The van der Waals surface area contributed by atoms with E-state index in [1.807, 2.05) is 0 Å². The van der Waals surface area contributed by atoms with Crippen molar-refractivity contribution in [3.05, 3.63) is 60.9 Å². The molecule has 0 aliphatic heterocycles. The number of halogens is 2. The summed E-state index contributed by atoms with van der Waals surface area (Å²) in [5.41, 5.74) is 1.73. The van der Waals surface area contributed by atoms with Crippen molar-refractivity contribution in [2.45, 2.75) is 0 Å². The molecule has 1 heterocycles. The van der Waals surface area contributed by atoms with E-state index in [1.165, 1.54) is 13.2 Å². The van der Waals surface area contributed by atoms with E-state index in [1.54, 1.807) is 18.2 Å². The Balaban J connectivity index is 1.85. The highest BCUT2D eigenvalue weighted by molar-refractivity contribution is 7.21. The van der Waals surface area contributed by atoms with Gasteiger partial charge < -0.3 is 9.84 Å². The van der Waals surface area contributed by atoms with Crippen LogP contribution in [0.1, 0.15) is 15.2 Å². The normalized spacial score (nSPS) is 11.1. The SMILES string of the molecule is COc1cc(/C=N/NC(=O)c2sc3cc(Cl)ccc3c2Cl)c(O)c([N+](=O)[O-])c1. The third kappa shape index (κ3) is 3.86. The summed E-state index contributed by atoms with van der Waals surface area (Å²) in [6.45, 7) is 0. The van der Waals surface area contributed by atoms with Crippen molar-refractivity contribution in [1.82, 2.24) is 5.43 Å². The Hall–Kier alpha value is -2.88. The number of hydrazone groups is 1. The number of carbonyl (C=O) groups is 1. The van der Waals surface area contributed by atoms with Crippen LogP contribution in [0.15, 0.2) is 35.4 Å². The highest BCUT2D eigenvalue weighted by Crippen LogP contribution is 2.37.